The van der Waals surface area contributed by atoms with Crippen LogP contribution >= 0.6 is 0 Å². The van der Waals surface area contributed by atoms with Crippen molar-refractivity contribution in [3.05, 3.63) is 41.0 Å². The standard InChI is InChI=1S/C13H14N4O2/c1-9-16-13(19-17-9)8-15-7-10-3-4-11(6-14)12(5-10)18-2/h3-5,15H,7-8H2,1-2H3. The van der Waals surface area contributed by atoms with E-state index in [1.807, 2.05) is 12.1 Å². The Hall–Kier alpha value is -2.39. The highest BCUT2D eigenvalue weighted by Gasteiger charge is 2.05. The Balaban J connectivity index is 1.94. The number of methoxy groups -OCH3 is 1. The second kappa shape index (κ2) is 5.98. The van der Waals surface area contributed by atoms with Gasteiger partial charge < -0.3 is 14.6 Å². The van der Waals surface area contributed by atoms with Gasteiger partial charge >= 0.3 is 0 Å². The number of nitrogens with zero attached hydrogens (tertiary/aromatic N) is 3. The molecule has 0 fully saturated rings. The summed E-state index contributed by atoms with van der Waals surface area (Å²) in [7, 11) is 1.55. The monoisotopic (exact) mass is 258 g/mol. The largest absolute Gasteiger partial charge is 0.495 e. The van der Waals surface area contributed by atoms with E-state index in [1.165, 1.54) is 0 Å². The van der Waals surface area contributed by atoms with Crippen LogP contribution in [0.25, 0.3) is 0 Å². The minimum absolute atomic E-state index is 0.503. The third-order valence-electron chi connectivity index (χ3n) is 2.56. The highest BCUT2D eigenvalue weighted by atomic mass is 16.5. The average molecular weight is 258 g/mol. The van der Waals surface area contributed by atoms with Crippen LogP contribution in [0.5, 0.6) is 5.75 Å². The molecule has 0 aliphatic heterocycles. The van der Waals surface area contributed by atoms with Crippen molar-refractivity contribution in [3.63, 3.8) is 0 Å². The lowest BCUT2D eigenvalue weighted by Gasteiger charge is -2.06. The summed E-state index contributed by atoms with van der Waals surface area (Å²) >= 11 is 0. The van der Waals surface area contributed by atoms with Gasteiger partial charge in [0.05, 0.1) is 19.2 Å². The van der Waals surface area contributed by atoms with Gasteiger partial charge in [0.1, 0.15) is 11.8 Å². The van der Waals surface area contributed by atoms with Gasteiger partial charge in [-0.05, 0) is 24.6 Å². The lowest BCUT2D eigenvalue weighted by atomic mass is 10.1. The van der Waals surface area contributed by atoms with Crippen LogP contribution in [-0.4, -0.2) is 17.3 Å². The van der Waals surface area contributed by atoms with Gasteiger partial charge in [0, 0.05) is 6.54 Å². The molecule has 19 heavy (non-hydrogen) atoms. The first-order valence-corrected chi connectivity index (χ1v) is 5.80. The number of hydrogen-bond acceptors (Lipinski definition) is 6. The summed E-state index contributed by atoms with van der Waals surface area (Å²) in [6.07, 6.45) is 0. The van der Waals surface area contributed by atoms with Gasteiger partial charge in [-0.15, -0.1) is 0 Å². The van der Waals surface area contributed by atoms with E-state index >= 15 is 0 Å². The van der Waals surface area contributed by atoms with Gasteiger partial charge in [0.25, 0.3) is 0 Å². The third kappa shape index (κ3) is 3.30. The normalized spacial score (nSPS) is 10.2. The first-order valence-electron chi connectivity index (χ1n) is 5.80. The number of rotatable bonds is 5. The van der Waals surface area contributed by atoms with Crippen LogP contribution in [0.15, 0.2) is 22.7 Å². The Morgan fingerprint density at radius 3 is 2.89 bits per heavy atom. The van der Waals surface area contributed by atoms with Gasteiger partial charge in [-0.25, -0.2) is 0 Å². The topological polar surface area (TPSA) is 84.0 Å². The van der Waals surface area contributed by atoms with Crippen molar-refractivity contribution in [1.29, 1.82) is 5.26 Å². The molecule has 0 unspecified atom stereocenters. The highest BCUT2D eigenvalue weighted by Crippen LogP contribution is 2.19. The van der Waals surface area contributed by atoms with Crippen LogP contribution in [0.2, 0.25) is 0 Å². The number of aromatic nitrogens is 2. The Bertz CT molecular complexity index is 601. The fourth-order valence-corrected chi connectivity index (χ4v) is 1.66. The molecule has 0 bridgehead atoms. The summed E-state index contributed by atoms with van der Waals surface area (Å²) in [6, 6.07) is 7.54. The second-order valence-corrected chi connectivity index (χ2v) is 3.99. The van der Waals surface area contributed by atoms with E-state index in [-0.39, 0.29) is 0 Å². The highest BCUT2D eigenvalue weighted by molar-refractivity contribution is 5.45. The number of ether oxygens (including phenoxy) is 1. The smallest absolute Gasteiger partial charge is 0.240 e. The molecule has 6 heteroatoms. The van der Waals surface area contributed by atoms with Crippen molar-refractivity contribution < 1.29 is 9.26 Å². The molecule has 0 saturated heterocycles. The molecule has 1 aromatic heterocycles. The minimum atomic E-state index is 0.503. The molecule has 0 spiro atoms. The molecule has 0 aliphatic rings. The molecule has 1 heterocycles. The molecule has 2 aromatic rings. The molecule has 0 aliphatic carbocycles. The summed E-state index contributed by atoms with van der Waals surface area (Å²) in [5.41, 5.74) is 1.55. The van der Waals surface area contributed by atoms with Gasteiger partial charge in [-0.1, -0.05) is 11.2 Å². The fraction of sp³-hybridized carbons (Fsp3) is 0.308. The maximum atomic E-state index is 8.89. The van der Waals surface area contributed by atoms with Gasteiger partial charge in [-0.3, -0.25) is 0 Å². The molecule has 2 rings (SSSR count). The van der Waals surface area contributed by atoms with Crippen LogP contribution in [0.3, 0.4) is 0 Å². The second-order valence-electron chi connectivity index (χ2n) is 3.99. The van der Waals surface area contributed by atoms with E-state index in [9.17, 15) is 0 Å². The Labute approximate surface area is 111 Å². The number of hydrogen-bond donors (Lipinski definition) is 1. The summed E-state index contributed by atoms with van der Waals surface area (Å²) < 4.78 is 10.1. The van der Waals surface area contributed by atoms with Crippen LogP contribution in [0, 0.1) is 18.3 Å². The van der Waals surface area contributed by atoms with Crippen LogP contribution in [-0.2, 0) is 13.1 Å². The van der Waals surface area contributed by atoms with Crippen molar-refractivity contribution in [2.24, 2.45) is 0 Å². The lowest BCUT2D eigenvalue weighted by Crippen LogP contribution is -2.13. The summed E-state index contributed by atoms with van der Waals surface area (Å²) in [4.78, 5) is 4.09. The van der Waals surface area contributed by atoms with Gasteiger partial charge in [-0.2, -0.15) is 10.2 Å². The van der Waals surface area contributed by atoms with E-state index in [0.29, 0.717) is 36.1 Å². The molecule has 1 N–H and O–H groups in total. The van der Waals surface area contributed by atoms with Crippen molar-refractivity contribution in [2.45, 2.75) is 20.0 Å². The maximum Gasteiger partial charge on any atom is 0.240 e. The molecular formula is C13H14N4O2. The van der Waals surface area contributed by atoms with Gasteiger partial charge in [0.15, 0.2) is 5.82 Å². The first kappa shape index (κ1) is 13.1. The Morgan fingerprint density at radius 2 is 2.26 bits per heavy atom. The summed E-state index contributed by atoms with van der Waals surface area (Å²) in [6.45, 7) is 2.91. The van der Waals surface area contributed by atoms with Crippen molar-refractivity contribution >= 4 is 0 Å². The Morgan fingerprint density at radius 1 is 1.42 bits per heavy atom. The predicted molar refractivity (Wildman–Crippen MR) is 67.3 cm³/mol. The first-order chi connectivity index (χ1) is 9.22. The van der Waals surface area contributed by atoms with E-state index in [0.717, 1.165) is 5.56 Å². The number of aryl methyl sites for hydroxylation is 1. The van der Waals surface area contributed by atoms with Gasteiger partial charge in [0.2, 0.25) is 5.89 Å². The minimum Gasteiger partial charge on any atom is -0.495 e. The zero-order chi connectivity index (χ0) is 13.7. The number of nitrogens with one attached hydrogen (secondary N) is 1. The summed E-state index contributed by atoms with van der Waals surface area (Å²) in [5, 5.41) is 15.8. The zero-order valence-corrected chi connectivity index (χ0v) is 10.8. The van der Waals surface area contributed by atoms with Crippen LogP contribution in [0.1, 0.15) is 22.8 Å². The van der Waals surface area contributed by atoms with E-state index in [1.54, 1.807) is 20.1 Å². The molecule has 0 amide bonds. The quantitative estimate of drug-likeness (QED) is 0.875. The molecule has 0 saturated carbocycles. The third-order valence-corrected chi connectivity index (χ3v) is 2.56. The molecule has 1 aromatic carbocycles. The van der Waals surface area contributed by atoms with E-state index in [2.05, 4.69) is 21.5 Å². The molecule has 0 radical (unpaired) electrons. The van der Waals surface area contributed by atoms with Crippen molar-refractivity contribution in [2.75, 3.05) is 7.11 Å². The van der Waals surface area contributed by atoms with Crippen molar-refractivity contribution in [3.8, 4) is 11.8 Å². The molecule has 98 valence electrons. The maximum absolute atomic E-state index is 8.89. The number of nitriles is 1. The van der Waals surface area contributed by atoms with Crippen molar-refractivity contribution in [1.82, 2.24) is 15.5 Å². The number of benzene rings is 1. The summed E-state index contributed by atoms with van der Waals surface area (Å²) in [5.74, 6) is 1.75. The van der Waals surface area contributed by atoms with E-state index in [4.69, 9.17) is 14.5 Å². The molecular weight excluding hydrogens is 244 g/mol. The molecule has 6 nitrogen and oxygen atoms in total. The Kier molecular flexibility index (Phi) is 4.11. The van der Waals surface area contributed by atoms with Crippen LogP contribution in [0.4, 0.5) is 0 Å². The SMILES string of the molecule is COc1cc(CNCc2nc(C)no2)ccc1C#N. The molecule has 0 atom stereocenters. The predicted octanol–water partition coefficient (Wildman–Crippen LogP) is 1.55. The average Bonchev–Trinajstić information content (AvgIpc) is 2.84. The fourth-order valence-electron chi connectivity index (χ4n) is 1.66. The zero-order valence-electron chi connectivity index (χ0n) is 10.8. The van der Waals surface area contributed by atoms with Crippen LogP contribution < -0.4 is 10.1 Å². The van der Waals surface area contributed by atoms with E-state index < -0.39 is 0 Å². The lowest BCUT2D eigenvalue weighted by molar-refractivity contribution is 0.364.